The first-order valence-corrected chi connectivity index (χ1v) is 7.29. The molecule has 2 rings (SSSR count). The lowest BCUT2D eigenvalue weighted by molar-refractivity contribution is 0.191. The molecule has 0 bridgehead atoms. The molecule has 0 aliphatic carbocycles. The number of aliphatic hydroxyl groups is 1. The van der Waals surface area contributed by atoms with E-state index in [9.17, 15) is 5.11 Å². The first kappa shape index (κ1) is 15.5. The Morgan fingerprint density at radius 3 is 2.24 bits per heavy atom. The molecule has 2 aromatic rings. The molecule has 1 atom stereocenters. The van der Waals surface area contributed by atoms with Gasteiger partial charge in [-0.15, -0.1) is 0 Å². The normalized spacial score (nSPS) is 12.1. The Hall–Kier alpha value is -1.84. The summed E-state index contributed by atoms with van der Waals surface area (Å²) in [5.74, 6) is 0.870. The average Bonchev–Trinajstić information content (AvgIpc) is 2.48. The van der Waals surface area contributed by atoms with Crippen LogP contribution in [0.25, 0.3) is 0 Å². The van der Waals surface area contributed by atoms with E-state index < -0.39 is 0 Å². The van der Waals surface area contributed by atoms with Crippen LogP contribution in [-0.4, -0.2) is 17.8 Å². The minimum absolute atomic E-state index is 0.317. The van der Waals surface area contributed by atoms with Gasteiger partial charge < -0.3 is 15.2 Å². The maximum atomic E-state index is 9.19. The van der Waals surface area contributed by atoms with Gasteiger partial charge in [0.25, 0.3) is 0 Å². The maximum absolute atomic E-state index is 9.19. The third-order valence-corrected chi connectivity index (χ3v) is 3.22. The van der Waals surface area contributed by atoms with E-state index in [0.717, 1.165) is 12.3 Å². The summed E-state index contributed by atoms with van der Waals surface area (Å²) in [6, 6.07) is 16.4. The monoisotopic (exact) mass is 285 g/mol. The van der Waals surface area contributed by atoms with Crippen LogP contribution in [0.5, 0.6) is 5.75 Å². The molecular weight excluding hydrogens is 262 g/mol. The Bertz CT molecular complexity index is 532. The van der Waals surface area contributed by atoms with Crippen molar-refractivity contribution in [2.24, 2.45) is 0 Å². The van der Waals surface area contributed by atoms with E-state index in [-0.39, 0.29) is 6.10 Å². The predicted octanol–water partition coefficient (Wildman–Crippen LogP) is 3.04. The van der Waals surface area contributed by atoms with Gasteiger partial charge in [-0.3, -0.25) is 0 Å². The maximum Gasteiger partial charge on any atom is 0.119 e. The molecule has 2 N–H and O–H groups in total. The fourth-order valence-electron chi connectivity index (χ4n) is 1.98. The molecular formula is C18H23NO2. The van der Waals surface area contributed by atoms with Crippen LogP contribution in [0.2, 0.25) is 0 Å². The number of nitrogens with one attached hydrogen (secondary N) is 1. The SMILES string of the molecule is Cc1ccc(COc2ccc(CNC[C@@H](C)O)cc2)cc1. The topological polar surface area (TPSA) is 41.5 Å². The molecule has 0 aromatic heterocycles. The lowest BCUT2D eigenvalue weighted by Gasteiger charge is -2.09. The highest BCUT2D eigenvalue weighted by Gasteiger charge is 1.99. The van der Waals surface area contributed by atoms with Crippen LogP contribution in [0.15, 0.2) is 48.5 Å². The molecule has 0 heterocycles. The van der Waals surface area contributed by atoms with Crippen molar-refractivity contribution in [3.8, 4) is 5.75 Å². The zero-order valence-electron chi connectivity index (χ0n) is 12.7. The van der Waals surface area contributed by atoms with Crippen LogP contribution in [0.3, 0.4) is 0 Å². The van der Waals surface area contributed by atoms with Gasteiger partial charge >= 0.3 is 0 Å². The van der Waals surface area contributed by atoms with E-state index in [4.69, 9.17) is 4.74 Å². The van der Waals surface area contributed by atoms with Crippen LogP contribution in [-0.2, 0) is 13.2 Å². The molecule has 112 valence electrons. The van der Waals surface area contributed by atoms with Gasteiger partial charge in [0.2, 0.25) is 0 Å². The molecule has 0 radical (unpaired) electrons. The first-order valence-electron chi connectivity index (χ1n) is 7.29. The van der Waals surface area contributed by atoms with Crippen LogP contribution < -0.4 is 10.1 Å². The summed E-state index contributed by atoms with van der Waals surface area (Å²) in [7, 11) is 0. The minimum atomic E-state index is -0.317. The molecule has 3 nitrogen and oxygen atoms in total. The van der Waals surface area contributed by atoms with Crippen molar-refractivity contribution in [2.45, 2.75) is 33.1 Å². The van der Waals surface area contributed by atoms with Gasteiger partial charge in [-0.25, -0.2) is 0 Å². The van der Waals surface area contributed by atoms with Crippen LogP contribution in [0.4, 0.5) is 0 Å². The third kappa shape index (κ3) is 5.58. The number of rotatable bonds is 7. The Balaban J connectivity index is 1.80. The molecule has 3 heteroatoms. The summed E-state index contributed by atoms with van der Waals surface area (Å²) in [5.41, 5.74) is 3.61. The van der Waals surface area contributed by atoms with Gasteiger partial charge in [-0.2, -0.15) is 0 Å². The number of benzene rings is 2. The molecule has 0 unspecified atom stereocenters. The Labute approximate surface area is 126 Å². The quantitative estimate of drug-likeness (QED) is 0.821. The molecule has 0 saturated carbocycles. The van der Waals surface area contributed by atoms with Crippen molar-refractivity contribution < 1.29 is 9.84 Å². The van der Waals surface area contributed by atoms with E-state index in [1.54, 1.807) is 6.92 Å². The van der Waals surface area contributed by atoms with Gasteiger partial charge in [0, 0.05) is 13.1 Å². The van der Waals surface area contributed by atoms with Crippen molar-refractivity contribution >= 4 is 0 Å². The molecule has 0 saturated heterocycles. The second-order valence-electron chi connectivity index (χ2n) is 5.40. The highest BCUT2D eigenvalue weighted by molar-refractivity contribution is 5.28. The van der Waals surface area contributed by atoms with Crippen molar-refractivity contribution in [3.05, 3.63) is 65.2 Å². The number of aryl methyl sites for hydroxylation is 1. The zero-order chi connectivity index (χ0) is 15.1. The van der Waals surface area contributed by atoms with Crippen molar-refractivity contribution in [1.82, 2.24) is 5.32 Å². The van der Waals surface area contributed by atoms with Gasteiger partial charge in [-0.1, -0.05) is 42.0 Å². The van der Waals surface area contributed by atoms with E-state index in [2.05, 4.69) is 36.5 Å². The molecule has 0 amide bonds. The summed E-state index contributed by atoms with van der Waals surface area (Å²) in [6.07, 6.45) is -0.317. The number of hydrogen-bond donors (Lipinski definition) is 2. The predicted molar refractivity (Wildman–Crippen MR) is 85.3 cm³/mol. The van der Waals surface area contributed by atoms with Gasteiger partial charge in [-0.05, 0) is 37.1 Å². The van der Waals surface area contributed by atoms with Crippen LogP contribution >= 0.6 is 0 Å². The van der Waals surface area contributed by atoms with Crippen LogP contribution in [0.1, 0.15) is 23.6 Å². The summed E-state index contributed by atoms with van der Waals surface area (Å²) in [5, 5.41) is 12.4. The Kier molecular flexibility index (Phi) is 5.78. The molecule has 21 heavy (non-hydrogen) atoms. The number of hydrogen-bond acceptors (Lipinski definition) is 3. The second-order valence-corrected chi connectivity index (χ2v) is 5.40. The van der Waals surface area contributed by atoms with Gasteiger partial charge in [0.05, 0.1) is 6.10 Å². The van der Waals surface area contributed by atoms with Crippen molar-refractivity contribution in [1.29, 1.82) is 0 Å². The van der Waals surface area contributed by atoms with Crippen molar-refractivity contribution in [3.63, 3.8) is 0 Å². The highest BCUT2D eigenvalue weighted by Crippen LogP contribution is 2.14. The summed E-state index contributed by atoms with van der Waals surface area (Å²) >= 11 is 0. The highest BCUT2D eigenvalue weighted by atomic mass is 16.5. The second kappa shape index (κ2) is 7.81. The van der Waals surface area contributed by atoms with Crippen LogP contribution in [0, 0.1) is 6.92 Å². The van der Waals surface area contributed by atoms with Gasteiger partial charge in [0.1, 0.15) is 12.4 Å². The molecule has 2 aromatic carbocycles. The van der Waals surface area contributed by atoms with E-state index >= 15 is 0 Å². The lowest BCUT2D eigenvalue weighted by Crippen LogP contribution is -2.23. The molecule has 0 fully saturated rings. The third-order valence-electron chi connectivity index (χ3n) is 3.22. The molecule has 0 aliphatic heterocycles. The minimum Gasteiger partial charge on any atom is -0.489 e. The summed E-state index contributed by atoms with van der Waals surface area (Å²) in [6.45, 7) is 5.79. The standard InChI is InChI=1S/C18H23NO2/c1-14-3-5-17(6-4-14)13-21-18-9-7-16(8-10-18)12-19-11-15(2)20/h3-10,15,19-20H,11-13H2,1-2H3/t15-/m1/s1. The van der Waals surface area contributed by atoms with E-state index in [0.29, 0.717) is 13.2 Å². The summed E-state index contributed by atoms with van der Waals surface area (Å²) < 4.78 is 5.77. The fraction of sp³-hybridized carbons (Fsp3) is 0.333. The van der Waals surface area contributed by atoms with Gasteiger partial charge in [0.15, 0.2) is 0 Å². The molecule has 0 spiro atoms. The summed E-state index contributed by atoms with van der Waals surface area (Å²) in [4.78, 5) is 0. The van der Waals surface area contributed by atoms with E-state index in [1.807, 2.05) is 24.3 Å². The zero-order valence-corrected chi connectivity index (χ0v) is 12.7. The lowest BCUT2D eigenvalue weighted by atomic mass is 10.2. The first-order chi connectivity index (χ1) is 10.1. The Morgan fingerprint density at radius 2 is 1.62 bits per heavy atom. The Morgan fingerprint density at radius 1 is 1.00 bits per heavy atom. The van der Waals surface area contributed by atoms with E-state index in [1.165, 1.54) is 16.7 Å². The molecule has 0 aliphatic rings. The fourth-order valence-corrected chi connectivity index (χ4v) is 1.98. The number of aliphatic hydroxyl groups excluding tert-OH is 1. The smallest absolute Gasteiger partial charge is 0.119 e. The van der Waals surface area contributed by atoms with Crippen molar-refractivity contribution in [2.75, 3.05) is 6.54 Å². The average molecular weight is 285 g/mol. The largest absolute Gasteiger partial charge is 0.489 e. The number of ether oxygens (including phenoxy) is 1.